The maximum absolute atomic E-state index is 11.7. The summed E-state index contributed by atoms with van der Waals surface area (Å²) in [5.41, 5.74) is 4.95. The van der Waals surface area contributed by atoms with Crippen LogP contribution in [0.15, 0.2) is 0 Å². The van der Waals surface area contributed by atoms with E-state index in [0.29, 0.717) is 12.5 Å². The van der Waals surface area contributed by atoms with Crippen molar-refractivity contribution < 1.29 is 19.5 Å². The predicted octanol–water partition coefficient (Wildman–Crippen LogP) is 0.831. The van der Waals surface area contributed by atoms with E-state index in [1.807, 2.05) is 0 Å². The molecule has 5 N–H and O–H groups in total. The Balaban J connectivity index is 2.30. The average molecular weight is 299 g/mol. The Hall–Kier alpha value is -1.79. The van der Waals surface area contributed by atoms with Crippen LogP contribution in [0.3, 0.4) is 0 Å². The molecule has 21 heavy (non-hydrogen) atoms. The second-order valence-corrected chi connectivity index (χ2v) is 5.71. The number of urea groups is 1. The Bertz CT molecular complexity index is 378. The molecule has 3 amide bonds. The Morgan fingerprint density at radius 3 is 2.24 bits per heavy atom. The predicted molar refractivity (Wildman–Crippen MR) is 77.5 cm³/mol. The minimum atomic E-state index is -1.28. The molecule has 0 aromatic rings. The van der Waals surface area contributed by atoms with E-state index < -0.39 is 30.4 Å². The van der Waals surface area contributed by atoms with Crippen LogP contribution in [0, 0.1) is 11.8 Å². The first-order valence-corrected chi connectivity index (χ1v) is 7.47. The van der Waals surface area contributed by atoms with Gasteiger partial charge in [0.25, 0.3) is 0 Å². The highest BCUT2D eigenvalue weighted by Gasteiger charge is 2.23. The fraction of sp³-hybridized carbons (Fsp3) is 0.786. The molecule has 0 bridgehead atoms. The van der Waals surface area contributed by atoms with Gasteiger partial charge in [0.05, 0.1) is 6.42 Å². The summed E-state index contributed by atoms with van der Waals surface area (Å²) in [5.74, 6) is -0.798. The largest absolute Gasteiger partial charge is 0.480 e. The highest BCUT2D eigenvalue weighted by molar-refractivity contribution is 5.87. The van der Waals surface area contributed by atoms with Crippen LogP contribution in [0.1, 0.15) is 45.4 Å². The molecule has 0 aromatic heterocycles. The lowest BCUT2D eigenvalue weighted by Crippen LogP contribution is -2.48. The molecule has 0 heterocycles. The first-order chi connectivity index (χ1) is 9.92. The first kappa shape index (κ1) is 17.3. The summed E-state index contributed by atoms with van der Waals surface area (Å²) in [6, 6.07) is -1.85. The molecule has 0 saturated heterocycles. The maximum atomic E-state index is 11.7. The number of carboxylic acid groups (broad SMARTS) is 1. The van der Waals surface area contributed by atoms with Crippen molar-refractivity contribution in [2.45, 2.75) is 51.5 Å². The minimum absolute atomic E-state index is 0.412. The normalized spacial score (nSPS) is 23.1. The van der Waals surface area contributed by atoms with Crippen molar-refractivity contribution in [2.24, 2.45) is 17.6 Å². The minimum Gasteiger partial charge on any atom is -0.480 e. The van der Waals surface area contributed by atoms with Gasteiger partial charge in [0, 0.05) is 6.54 Å². The van der Waals surface area contributed by atoms with Gasteiger partial charge in [-0.15, -0.1) is 0 Å². The van der Waals surface area contributed by atoms with Gasteiger partial charge in [-0.2, -0.15) is 0 Å². The van der Waals surface area contributed by atoms with Gasteiger partial charge in [0.2, 0.25) is 5.91 Å². The number of nitrogens with two attached hydrogens (primary N) is 1. The summed E-state index contributed by atoms with van der Waals surface area (Å²) in [6.07, 6.45) is 5.33. The highest BCUT2D eigenvalue weighted by Crippen LogP contribution is 2.29. The van der Waals surface area contributed by atoms with E-state index in [1.165, 1.54) is 19.3 Å². The van der Waals surface area contributed by atoms with Gasteiger partial charge in [0.1, 0.15) is 6.04 Å². The van der Waals surface area contributed by atoms with Crippen LogP contribution in [0.4, 0.5) is 4.79 Å². The van der Waals surface area contributed by atoms with E-state index in [2.05, 4.69) is 17.6 Å². The number of primary amides is 1. The smallest absolute Gasteiger partial charge is 0.326 e. The molecule has 0 aromatic carbocycles. The third kappa shape index (κ3) is 6.46. The molecule has 1 aliphatic carbocycles. The van der Waals surface area contributed by atoms with Crippen molar-refractivity contribution in [3.8, 4) is 0 Å². The Labute approximate surface area is 124 Å². The van der Waals surface area contributed by atoms with Crippen molar-refractivity contribution in [3.63, 3.8) is 0 Å². The fourth-order valence-corrected chi connectivity index (χ4v) is 2.69. The lowest BCUT2D eigenvalue weighted by atomic mass is 9.81. The number of rotatable bonds is 7. The third-order valence-electron chi connectivity index (χ3n) is 4.10. The topological polar surface area (TPSA) is 122 Å². The van der Waals surface area contributed by atoms with Crippen LogP contribution in [0.5, 0.6) is 0 Å². The quantitative estimate of drug-likeness (QED) is 0.556. The molecule has 1 aliphatic rings. The van der Waals surface area contributed by atoms with Crippen molar-refractivity contribution in [3.05, 3.63) is 0 Å². The SMILES string of the molecule is CCC1CCC(CNC(=O)NC(CC(N)=O)C(=O)O)CC1. The molecule has 0 radical (unpaired) electrons. The Kier molecular flexibility index (Phi) is 6.98. The second kappa shape index (κ2) is 8.49. The number of carbonyl (C=O) groups is 3. The van der Waals surface area contributed by atoms with Crippen molar-refractivity contribution in [2.75, 3.05) is 6.54 Å². The van der Waals surface area contributed by atoms with Crippen molar-refractivity contribution >= 4 is 17.9 Å². The zero-order valence-corrected chi connectivity index (χ0v) is 12.4. The van der Waals surface area contributed by atoms with Gasteiger partial charge in [-0.3, -0.25) is 4.79 Å². The van der Waals surface area contributed by atoms with Crippen molar-refractivity contribution in [1.82, 2.24) is 10.6 Å². The molecule has 0 spiro atoms. The zero-order chi connectivity index (χ0) is 15.8. The lowest BCUT2D eigenvalue weighted by molar-refractivity contribution is -0.140. The Morgan fingerprint density at radius 2 is 1.76 bits per heavy atom. The van der Waals surface area contributed by atoms with Gasteiger partial charge in [0.15, 0.2) is 0 Å². The van der Waals surface area contributed by atoms with E-state index in [1.54, 1.807) is 0 Å². The monoisotopic (exact) mass is 299 g/mol. The van der Waals surface area contributed by atoms with Gasteiger partial charge < -0.3 is 21.5 Å². The van der Waals surface area contributed by atoms with Crippen LogP contribution >= 0.6 is 0 Å². The van der Waals surface area contributed by atoms with E-state index in [-0.39, 0.29) is 0 Å². The lowest BCUT2D eigenvalue weighted by Gasteiger charge is -2.28. The summed E-state index contributed by atoms with van der Waals surface area (Å²) in [4.78, 5) is 33.3. The molecular formula is C14H25N3O4. The molecule has 1 fully saturated rings. The number of hydrogen-bond acceptors (Lipinski definition) is 3. The molecule has 1 saturated carbocycles. The Morgan fingerprint density at radius 1 is 1.19 bits per heavy atom. The van der Waals surface area contributed by atoms with E-state index >= 15 is 0 Å². The molecule has 1 unspecified atom stereocenters. The number of nitrogens with one attached hydrogen (secondary N) is 2. The molecule has 120 valence electrons. The number of aliphatic carboxylic acids is 1. The van der Waals surface area contributed by atoms with E-state index in [0.717, 1.165) is 18.8 Å². The number of hydrogen-bond donors (Lipinski definition) is 4. The number of carbonyl (C=O) groups excluding carboxylic acids is 2. The average Bonchev–Trinajstić information content (AvgIpc) is 2.44. The summed E-state index contributed by atoms with van der Waals surface area (Å²) >= 11 is 0. The van der Waals surface area contributed by atoms with Gasteiger partial charge in [-0.25, -0.2) is 9.59 Å². The molecule has 1 atom stereocenters. The molecule has 7 nitrogen and oxygen atoms in total. The standard InChI is InChI=1S/C14H25N3O4/c1-2-9-3-5-10(6-4-9)8-16-14(21)17-11(13(19)20)7-12(15)18/h9-11H,2-8H2,1H3,(H2,15,18)(H,19,20)(H2,16,17,21). The summed E-state index contributed by atoms with van der Waals surface area (Å²) in [7, 11) is 0. The second-order valence-electron chi connectivity index (χ2n) is 5.71. The fourth-order valence-electron chi connectivity index (χ4n) is 2.69. The summed E-state index contributed by atoms with van der Waals surface area (Å²) in [5, 5.41) is 13.8. The summed E-state index contributed by atoms with van der Waals surface area (Å²) in [6.45, 7) is 2.73. The molecule has 0 aliphatic heterocycles. The van der Waals surface area contributed by atoms with Crippen LogP contribution in [-0.4, -0.2) is 35.6 Å². The maximum Gasteiger partial charge on any atom is 0.326 e. The van der Waals surface area contributed by atoms with Crippen molar-refractivity contribution in [1.29, 1.82) is 0 Å². The van der Waals surface area contributed by atoms with Crippen LogP contribution < -0.4 is 16.4 Å². The van der Waals surface area contributed by atoms with Gasteiger partial charge >= 0.3 is 12.0 Å². The summed E-state index contributed by atoms with van der Waals surface area (Å²) < 4.78 is 0. The third-order valence-corrected chi connectivity index (χ3v) is 4.10. The molecular weight excluding hydrogens is 274 g/mol. The van der Waals surface area contributed by atoms with Crippen LogP contribution in [-0.2, 0) is 9.59 Å². The number of carboxylic acids is 1. The van der Waals surface area contributed by atoms with Crippen LogP contribution in [0.25, 0.3) is 0 Å². The van der Waals surface area contributed by atoms with Crippen LogP contribution in [0.2, 0.25) is 0 Å². The van der Waals surface area contributed by atoms with Gasteiger partial charge in [-0.05, 0) is 24.7 Å². The first-order valence-electron chi connectivity index (χ1n) is 7.47. The molecule has 1 rings (SSSR count). The zero-order valence-electron chi connectivity index (χ0n) is 12.4. The number of amides is 3. The van der Waals surface area contributed by atoms with Gasteiger partial charge in [-0.1, -0.05) is 26.2 Å². The van der Waals surface area contributed by atoms with E-state index in [4.69, 9.17) is 10.8 Å². The highest BCUT2D eigenvalue weighted by atomic mass is 16.4. The molecule has 7 heteroatoms. The van der Waals surface area contributed by atoms with E-state index in [9.17, 15) is 14.4 Å².